The van der Waals surface area contributed by atoms with Crippen molar-refractivity contribution in [3.05, 3.63) is 30.3 Å². The van der Waals surface area contributed by atoms with Gasteiger partial charge in [-0.1, -0.05) is 80.5 Å². The summed E-state index contributed by atoms with van der Waals surface area (Å²) in [7, 11) is -7.89. The van der Waals surface area contributed by atoms with Gasteiger partial charge in [-0.2, -0.15) is 0 Å². The Balaban J connectivity index is 2.43. The zero-order valence-corrected chi connectivity index (χ0v) is 35.5. The third-order valence-corrected chi connectivity index (χ3v) is 26.9. The molecule has 11 heteroatoms. The average Bonchev–Trinajstić information content (AvgIpc) is 3.28. The summed E-state index contributed by atoms with van der Waals surface area (Å²) >= 11 is 0. The van der Waals surface area contributed by atoms with Gasteiger partial charge < -0.3 is 22.8 Å². The summed E-state index contributed by atoms with van der Waals surface area (Å²) in [6.45, 7) is 30.3. The molecule has 7 nitrogen and oxygen atoms in total. The van der Waals surface area contributed by atoms with Gasteiger partial charge in [-0.15, -0.1) is 0 Å². The zero-order valence-electron chi connectivity index (χ0n) is 31.7. The summed E-state index contributed by atoms with van der Waals surface area (Å²) < 4.78 is 60.9. The second-order valence-corrected chi connectivity index (χ2v) is 32.7. The normalized spacial score (nSPS) is 22.7. The van der Waals surface area contributed by atoms with Crippen molar-refractivity contribution in [3.63, 3.8) is 0 Å². The standard InChI is InChI=1S/C35H68O7SSi3/c1-15-46(16-2,17-3)39-24-23-31-30(27-43(36,37)29-21-19-18-20-22-29)33(38-10)32(41-31)25-28(42-45(13,14)35(7,8)9)26-40-44(11,12)34(4,5)6/h18-22,28,30-33H,15-17,23-27H2,1-14H3/t28-,30?,31-,32?,33+/m0/s1. The SMILES string of the molecule is CC[Si](CC)(CC)OCC[C@@H]1OC(C[C@@H](CO[Si](C)(C)C(C)(C)C)O[Si](C)(C)C(C)(C)C)[C@H](OC)C1CS(=O)(=O)c1ccccc1. The summed E-state index contributed by atoms with van der Waals surface area (Å²) in [5.41, 5.74) is 0. The lowest BCUT2D eigenvalue weighted by molar-refractivity contribution is -0.0393. The van der Waals surface area contributed by atoms with Crippen LogP contribution in [0, 0.1) is 5.92 Å². The van der Waals surface area contributed by atoms with E-state index < -0.39 is 40.9 Å². The Kier molecular flexibility index (Phi) is 15.0. The van der Waals surface area contributed by atoms with Crippen LogP contribution in [0.5, 0.6) is 0 Å². The van der Waals surface area contributed by atoms with Gasteiger partial charge >= 0.3 is 0 Å². The van der Waals surface area contributed by atoms with Crippen LogP contribution in [0.1, 0.15) is 75.2 Å². The molecule has 1 aromatic carbocycles. The molecule has 0 radical (unpaired) electrons. The van der Waals surface area contributed by atoms with E-state index in [0.29, 0.717) is 31.0 Å². The lowest BCUT2D eigenvalue weighted by atomic mass is 9.94. The molecule has 0 spiro atoms. The predicted molar refractivity (Wildman–Crippen MR) is 199 cm³/mol. The number of methoxy groups -OCH3 is 1. The monoisotopic (exact) mass is 716 g/mol. The Bertz CT molecular complexity index is 1150. The Hall–Kier alpha value is -0.379. The minimum Gasteiger partial charge on any atom is -0.417 e. The van der Waals surface area contributed by atoms with Gasteiger partial charge in [-0.3, -0.25) is 0 Å². The number of benzene rings is 1. The van der Waals surface area contributed by atoms with Gasteiger partial charge in [0.2, 0.25) is 0 Å². The zero-order chi connectivity index (χ0) is 35.2. The first kappa shape index (κ1) is 41.8. The first-order valence-corrected chi connectivity index (χ1v) is 27.5. The summed E-state index contributed by atoms with van der Waals surface area (Å²) in [6.07, 6.45) is -0.00768. The van der Waals surface area contributed by atoms with Crippen LogP contribution in [-0.4, -0.2) is 83.9 Å². The number of ether oxygens (including phenoxy) is 2. The van der Waals surface area contributed by atoms with Crippen molar-refractivity contribution in [3.8, 4) is 0 Å². The van der Waals surface area contributed by atoms with Crippen LogP contribution in [-0.2, 0) is 32.6 Å². The van der Waals surface area contributed by atoms with Gasteiger partial charge in [-0.05, 0) is 73.0 Å². The fraction of sp³-hybridized carbons (Fsp3) is 0.829. The number of sulfone groups is 1. The molecule has 268 valence electrons. The Morgan fingerprint density at radius 2 is 1.37 bits per heavy atom. The van der Waals surface area contributed by atoms with Gasteiger partial charge in [0.05, 0.1) is 41.7 Å². The van der Waals surface area contributed by atoms with Gasteiger partial charge in [0.25, 0.3) is 0 Å². The highest BCUT2D eigenvalue weighted by Crippen LogP contribution is 2.42. The average molecular weight is 717 g/mol. The summed E-state index contributed by atoms with van der Waals surface area (Å²) in [4.78, 5) is 0.333. The topological polar surface area (TPSA) is 80.3 Å². The molecule has 1 aliphatic heterocycles. The Labute approximate surface area is 286 Å². The number of rotatable bonds is 18. The number of hydrogen-bond acceptors (Lipinski definition) is 7. The fourth-order valence-corrected chi connectivity index (χ4v) is 12.6. The van der Waals surface area contributed by atoms with Crippen LogP contribution in [0.4, 0.5) is 0 Å². The number of hydrogen-bond donors (Lipinski definition) is 0. The maximum absolute atomic E-state index is 13.7. The first-order valence-electron chi connectivity index (χ1n) is 17.5. The maximum Gasteiger partial charge on any atom is 0.192 e. The molecule has 2 rings (SSSR count). The van der Waals surface area contributed by atoms with Gasteiger partial charge in [0.15, 0.2) is 34.8 Å². The van der Waals surface area contributed by atoms with Gasteiger partial charge in [-0.25, -0.2) is 8.42 Å². The van der Waals surface area contributed by atoms with Crippen LogP contribution < -0.4 is 0 Å². The third-order valence-electron chi connectivity index (χ3n) is 11.3. The summed E-state index contributed by atoms with van der Waals surface area (Å²) in [5, 5.41) is 0.100. The molecule has 1 heterocycles. The van der Waals surface area contributed by atoms with E-state index in [-0.39, 0.29) is 40.1 Å². The highest BCUT2D eigenvalue weighted by molar-refractivity contribution is 7.91. The first-order chi connectivity index (χ1) is 21.1. The smallest absolute Gasteiger partial charge is 0.192 e. The fourth-order valence-electron chi connectivity index (χ4n) is 5.84. The molecule has 2 unspecified atom stereocenters. The molecular weight excluding hydrogens is 649 g/mol. The molecule has 5 atom stereocenters. The largest absolute Gasteiger partial charge is 0.417 e. The lowest BCUT2D eigenvalue weighted by Gasteiger charge is -2.42. The van der Waals surface area contributed by atoms with Gasteiger partial charge in [0, 0.05) is 26.1 Å². The maximum atomic E-state index is 13.7. The van der Waals surface area contributed by atoms with E-state index >= 15 is 0 Å². The Morgan fingerprint density at radius 1 is 0.826 bits per heavy atom. The molecule has 0 aromatic heterocycles. The van der Waals surface area contributed by atoms with Crippen molar-refractivity contribution >= 4 is 34.8 Å². The minimum atomic E-state index is -3.57. The van der Waals surface area contributed by atoms with Gasteiger partial charge in [0.1, 0.15) is 0 Å². The molecule has 1 aliphatic rings. The lowest BCUT2D eigenvalue weighted by Crippen LogP contribution is -2.49. The van der Waals surface area contributed by atoms with Crippen molar-refractivity contribution in [1.29, 1.82) is 0 Å². The van der Waals surface area contributed by atoms with Crippen LogP contribution >= 0.6 is 0 Å². The molecule has 46 heavy (non-hydrogen) atoms. The molecule has 0 saturated carbocycles. The second-order valence-electron chi connectivity index (χ2n) is 16.4. The van der Waals surface area contributed by atoms with Crippen LogP contribution in [0.25, 0.3) is 0 Å². The molecule has 1 saturated heterocycles. The van der Waals surface area contributed by atoms with Crippen molar-refractivity contribution in [2.75, 3.05) is 26.1 Å². The molecule has 0 amide bonds. The van der Waals surface area contributed by atoms with Crippen LogP contribution in [0.2, 0.25) is 54.4 Å². The van der Waals surface area contributed by atoms with Crippen molar-refractivity contribution in [1.82, 2.24) is 0 Å². The van der Waals surface area contributed by atoms with Crippen molar-refractivity contribution in [2.24, 2.45) is 5.92 Å². The highest BCUT2D eigenvalue weighted by Gasteiger charge is 2.49. The third kappa shape index (κ3) is 10.8. The molecule has 1 fully saturated rings. The minimum absolute atomic E-state index is 0.0276. The van der Waals surface area contributed by atoms with E-state index in [9.17, 15) is 8.42 Å². The van der Waals surface area contributed by atoms with E-state index in [0.717, 1.165) is 18.1 Å². The predicted octanol–water partition coefficient (Wildman–Crippen LogP) is 9.07. The van der Waals surface area contributed by atoms with E-state index in [4.69, 9.17) is 22.8 Å². The van der Waals surface area contributed by atoms with E-state index in [1.165, 1.54) is 0 Å². The quantitative estimate of drug-likeness (QED) is 0.140. The molecular formula is C35H68O7SSi3. The van der Waals surface area contributed by atoms with Crippen molar-refractivity contribution < 1.29 is 31.2 Å². The summed E-state index contributed by atoms with van der Waals surface area (Å²) in [6, 6.07) is 11.9. The van der Waals surface area contributed by atoms with E-state index in [2.05, 4.69) is 88.5 Å². The molecule has 0 aliphatic carbocycles. The molecule has 0 bridgehead atoms. The summed E-state index contributed by atoms with van der Waals surface area (Å²) in [5.74, 6) is -0.373. The van der Waals surface area contributed by atoms with E-state index in [1.54, 1.807) is 31.4 Å². The van der Waals surface area contributed by atoms with E-state index in [1.807, 2.05) is 6.07 Å². The Morgan fingerprint density at radius 3 is 1.85 bits per heavy atom. The molecule has 0 N–H and O–H groups in total. The van der Waals surface area contributed by atoms with Crippen molar-refractivity contribution in [2.45, 2.75) is 159 Å². The van der Waals surface area contributed by atoms with Crippen LogP contribution in [0.15, 0.2) is 35.2 Å². The highest BCUT2D eigenvalue weighted by atomic mass is 32.2. The van der Waals surface area contributed by atoms with Crippen LogP contribution in [0.3, 0.4) is 0 Å². The molecule has 1 aromatic rings. The second kappa shape index (κ2) is 16.6.